The Kier molecular flexibility index (Phi) is 4.59. The Hall–Kier alpha value is -2.35. The zero-order valence-electron chi connectivity index (χ0n) is 11.7. The minimum absolute atomic E-state index is 0.0220. The van der Waals surface area contributed by atoms with Gasteiger partial charge in [-0.05, 0) is 13.0 Å². The minimum Gasteiger partial charge on any atom is -0.478 e. The Labute approximate surface area is 121 Å². The van der Waals surface area contributed by atoms with E-state index in [4.69, 9.17) is 10.5 Å². The van der Waals surface area contributed by atoms with E-state index in [1.165, 1.54) is 12.3 Å². The van der Waals surface area contributed by atoms with Gasteiger partial charge in [-0.2, -0.15) is 0 Å². The van der Waals surface area contributed by atoms with Gasteiger partial charge in [0.1, 0.15) is 17.4 Å². The molecule has 0 aliphatic carbocycles. The van der Waals surface area contributed by atoms with E-state index in [2.05, 4.69) is 10.3 Å². The number of aromatic carboxylic acids is 1. The summed E-state index contributed by atoms with van der Waals surface area (Å²) in [6.07, 6.45) is 1.38. The molecule has 1 unspecified atom stereocenters. The smallest absolute Gasteiger partial charge is 0.339 e. The van der Waals surface area contributed by atoms with Crippen LogP contribution in [0.15, 0.2) is 12.3 Å². The molecular weight excluding hydrogens is 276 g/mol. The van der Waals surface area contributed by atoms with Gasteiger partial charge < -0.3 is 25.8 Å². The van der Waals surface area contributed by atoms with Gasteiger partial charge in [-0.1, -0.05) is 0 Å². The molecule has 8 heteroatoms. The van der Waals surface area contributed by atoms with Gasteiger partial charge in [0, 0.05) is 13.1 Å². The molecule has 21 heavy (non-hydrogen) atoms. The molecule has 8 nitrogen and oxygen atoms in total. The summed E-state index contributed by atoms with van der Waals surface area (Å²) in [5.74, 6) is -1.12. The van der Waals surface area contributed by atoms with E-state index in [0.29, 0.717) is 19.7 Å². The standard InChI is InChI=1S/C13H18N4O4/c1-2-15-12(18)10-7-21-4-3-17(10)11-9(13(19)20)5-8(14)6-16-11/h5-6,10H,2-4,7,14H2,1H3,(H,15,18)(H,19,20). The number of nitrogen functional groups attached to an aromatic ring is 1. The van der Waals surface area contributed by atoms with Gasteiger partial charge in [0.2, 0.25) is 5.91 Å². The second kappa shape index (κ2) is 6.40. The fraction of sp³-hybridized carbons (Fsp3) is 0.462. The summed E-state index contributed by atoms with van der Waals surface area (Å²) in [7, 11) is 0. The molecule has 1 amide bonds. The SMILES string of the molecule is CCNC(=O)C1COCCN1c1ncc(N)cc1C(=O)O. The maximum Gasteiger partial charge on any atom is 0.339 e. The summed E-state index contributed by atoms with van der Waals surface area (Å²) in [5.41, 5.74) is 5.83. The second-order valence-electron chi connectivity index (χ2n) is 4.62. The van der Waals surface area contributed by atoms with Gasteiger partial charge in [0.05, 0.1) is 25.1 Å². The number of carboxylic acids is 1. The molecule has 2 rings (SSSR count). The van der Waals surface area contributed by atoms with Crippen LogP contribution in [-0.2, 0) is 9.53 Å². The van der Waals surface area contributed by atoms with Crippen LogP contribution in [0.3, 0.4) is 0 Å². The number of hydrogen-bond donors (Lipinski definition) is 3. The highest BCUT2D eigenvalue weighted by atomic mass is 16.5. The van der Waals surface area contributed by atoms with Crippen LogP contribution in [0.5, 0.6) is 0 Å². The number of ether oxygens (including phenoxy) is 1. The largest absolute Gasteiger partial charge is 0.478 e. The van der Waals surface area contributed by atoms with Crippen LogP contribution in [0.25, 0.3) is 0 Å². The van der Waals surface area contributed by atoms with E-state index in [0.717, 1.165) is 0 Å². The Morgan fingerprint density at radius 3 is 3.05 bits per heavy atom. The number of morpholine rings is 1. The lowest BCUT2D eigenvalue weighted by Gasteiger charge is -2.36. The first kappa shape index (κ1) is 15.0. The van der Waals surface area contributed by atoms with Crippen molar-refractivity contribution in [1.82, 2.24) is 10.3 Å². The first-order valence-electron chi connectivity index (χ1n) is 6.65. The Bertz CT molecular complexity index is 549. The first-order chi connectivity index (χ1) is 10.0. The number of anilines is 2. The Morgan fingerprint density at radius 2 is 2.38 bits per heavy atom. The number of likely N-dealkylation sites (N-methyl/N-ethyl adjacent to an activating group) is 1. The van der Waals surface area contributed by atoms with Crippen molar-refractivity contribution in [3.05, 3.63) is 17.8 Å². The number of carbonyl (C=O) groups excluding carboxylic acids is 1. The average molecular weight is 294 g/mol. The molecule has 1 aliphatic rings. The lowest BCUT2D eigenvalue weighted by atomic mass is 10.1. The number of rotatable bonds is 4. The number of amides is 1. The number of hydrogen-bond acceptors (Lipinski definition) is 6. The summed E-state index contributed by atoms with van der Waals surface area (Å²) in [4.78, 5) is 29.2. The van der Waals surface area contributed by atoms with Gasteiger partial charge in [0.25, 0.3) is 0 Å². The number of nitrogens with one attached hydrogen (secondary N) is 1. The van der Waals surface area contributed by atoms with Crippen LogP contribution in [0, 0.1) is 0 Å². The zero-order valence-corrected chi connectivity index (χ0v) is 11.7. The maximum atomic E-state index is 12.1. The molecule has 2 heterocycles. The third kappa shape index (κ3) is 3.22. The quantitative estimate of drug-likeness (QED) is 0.698. The lowest BCUT2D eigenvalue weighted by molar-refractivity contribution is -0.124. The summed E-state index contributed by atoms with van der Waals surface area (Å²) >= 11 is 0. The van der Waals surface area contributed by atoms with Crippen LogP contribution in [0.4, 0.5) is 11.5 Å². The predicted molar refractivity (Wildman–Crippen MR) is 76.2 cm³/mol. The number of pyridine rings is 1. The van der Waals surface area contributed by atoms with Crippen LogP contribution in [0.2, 0.25) is 0 Å². The van der Waals surface area contributed by atoms with Crippen LogP contribution in [0.1, 0.15) is 17.3 Å². The molecular formula is C13H18N4O4. The Balaban J connectivity index is 2.37. The highest BCUT2D eigenvalue weighted by Gasteiger charge is 2.32. The number of carbonyl (C=O) groups is 2. The molecule has 1 atom stereocenters. The molecule has 1 fully saturated rings. The van der Waals surface area contributed by atoms with E-state index in [1.54, 1.807) is 4.90 Å². The lowest BCUT2D eigenvalue weighted by Crippen LogP contribution is -2.54. The van der Waals surface area contributed by atoms with Gasteiger partial charge in [0.15, 0.2) is 0 Å². The average Bonchev–Trinajstić information content (AvgIpc) is 2.47. The second-order valence-corrected chi connectivity index (χ2v) is 4.62. The third-order valence-corrected chi connectivity index (χ3v) is 3.17. The van der Waals surface area contributed by atoms with E-state index in [1.807, 2.05) is 6.92 Å². The molecule has 114 valence electrons. The van der Waals surface area contributed by atoms with E-state index >= 15 is 0 Å². The highest BCUT2D eigenvalue weighted by Crippen LogP contribution is 2.24. The van der Waals surface area contributed by atoms with E-state index in [-0.39, 0.29) is 29.6 Å². The van der Waals surface area contributed by atoms with Crippen molar-refractivity contribution in [3.63, 3.8) is 0 Å². The molecule has 1 aromatic heterocycles. The fourth-order valence-electron chi connectivity index (χ4n) is 2.23. The topological polar surface area (TPSA) is 118 Å². The van der Waals surface area contributed by atoms with Crippen molar-refractivity contribution in [3.8, 4) is 0 Å². The number of carboxylic acid groups (broad SMARTS) is 1. The number of aromatic nitrogens is 1. The van der Waals surface area contributed by atoms with Gasteiger partial charge in [-0.15, -0.1) is 0 Å². The van der Waals surface area contributed by atoms with Crippen LogP contribution in [-0.4, -0.2) is 54.3 Å². The van der Waals surface area contributed by atoms with Gasteiger partial charge in [-0.3, -0.25) is 4.79 Å². The van der Waals surface area contributed by atoms with Gasteiger partial charge >= 0.3 is 5.97 Å². The fourth-order valence-corrected chi connectivity index (χ4v) is 2.23. The summed E-state index contributed by atoms with van der Waals surface area (Å²) < 4.78 is 5.32. The first-order valence-corrected chi connectivity index (χ1v) is 6.65. The summed E-state index contributed by atoms with van der Waals surface area (Å²) in [5, 5.41) is 12.0. The number of nitrogens with zero attached hydrogens (tertiary/aromatic N) is 2. The Morgan fingerprint density at radius 1 is 1.62 bits per heavy atom. The molecule has 0 radical (unpaired) electrons. The number of nitrogens with two attached hydrogens (primary N) is 1. The summed E-state index contributed by atoms with van der Waals surface area (Å²) in [6, 6.07) is 0.738. The summed E-state index contributed by atoms with van der Waals surface area (Å²) in [6.45, 7) is 3.29. The van der Waals surface area contributed by atoms with Crippen molar-refractivity contribution in [1.29, 1.82) is 0 Å². The van der Waals surface area contributed by atoms with Crippen molar-refractivity contribution in [2.75, 3.05) is 36.9 Å². The molecule has 1 aliphatic heterocycles. The zero-order chi connectivity index (χ0) is 15.4. The normalized spacial score (nSPS) is 18.3. The highest BCUT2D eigenvalue weighted by molar-refractivity contribution is 5.96. The molecule has 4 N–H and O–H groups in total. The predicted octanol–water partition coefficient (Wildman–Crippen LogP) is -0.297. The van der Waals surface area contributed by atoms with E-state index < -0.39 is 12.0 Å². The van der Waals surface area contributed by atoms with Crippen molar-refractivity contribution in [2.24, 2.45) is 0 Å². The van der Waals surface area contributed by atoms with Crippen LogP contribution >= 0.6 is 0 Å². The monoisotopic (exact) mass is 294 g/mol. The van der Waals surface area contributed by atoms with Gasteiger partial charge in [-0.25, -0.2) is 9.78 Å². The van der Waals surface area contributed by atoms with Crippen LogP contribution < -0.4 is 16.0 Å². The molecule has 0 spiro atoms. The molecule has 0 bridgehead atoms. The van der Waals surface area contributed by atoms with Crippen molar-refractivity contribution >= 4 is 23.4 Å². The maximum absolute atomic E-state index is 12.1. The van der Waals surface area contributed by atoms with E-state index in [9.17, 15) is 14.7 Å². The van der Waals surface area contributed by atoms with Crippen molar-refractivity contribution in [2.45, 2.75) is 13.0 Å². The minimum atomic E-state index is -1.13. The molecule has 1 saturated heterocycles. The third-order valence-electron chi connectivity index (χ3n) is 3.17. The molecule has 0 aromatic carbocycles. The molecule has 1 aromatic rings. The molecule has 0 saturated carbocycles. The van der Waals surface area contributed by atoms with Crippen molar-refractivity contribution < 1.29 is 19.4 Å².